The Labute approximate surface area is 79.8 Å². The van der Waals surface area contributed by atoms with E-state index in [4.69, 9.17) is 5.26 Å². The van der Waals surface area contributed by atoms with Crippen molar-refractivity contribution in [3.05, 3.63) is 35.1 Å². The molecule has 0 heterocycles. The van der Waals surface area contributed by atoms with Crippen molar-refractivity contribution in [3.8, 4) is 6.07 Å². The number of benzene rings is 1. The van der Waals surface area contributed by atoms with Crippen LogP contribution in [0.5, 0.6) is 0 Å². The molecule has 6 heteroatoms. The van der Waals surface area contributed by atoms with Crippen molar-refractivity contribution in [2.24, 2.45) is 0 Å². The van der Waals surface area contributed by atoms with Gasteiger partial charge in [-0.05, 0) is 18.2 Å². The lowest BCUT2D eigenvalue weighted by molar-refractivity contribution is 0.547. The van der Waals surface area contributed by atoms with Gasteiger partial charge in [-0.2, -0.15) is 13.7 Å². The minimum Gasteiger partial charge on any atom is -0.207 e. The Morgan fingerprint density at radius 1 is 1.43 bits per heavy atom. The topological polar surface area (TPSA) is 57.9 Å². The van der Waals surface area contributed by atoms with Gasteiger partial charge in [-0.25, -0.2) is 4.39 Å². The molecule has 3 nitrogen and oxygen atoms in total. The molecule has 0 aliphatic heterocycles. The lowest BCUT2D eigenvalue weighted by atomic mass is 10.1. The summed E-state index contributed by atoms with van der Waals surface area (Å²) in [4.78, 5) is 0. The van der Waals surface area contributed by atoms with E-state index in [0.29, 0.717) is 0 Å². The lowest BCUT2D eigenvalue weighted by Gasteiger charge is -1.99. The second kappa shape index (κ2) is 3.72. The molecule has 0 bridgehead atoms. The van der Waals surface area contributed by atoms with Crippen LogP contribution in [0.3, 0.4) is 0 Å². The van der Waals surface area contributed by atoms with Gasteiger partial charge in [-0.1, -0.05) is 0 Å². The quantitative estimate of drug-likeness (QED) is 0.705. The molecule has 0 saturated heterocycles. The first-order valence-corrected chi connectivity index (χ1v) is 5.08. The van der Waals surface area contributed by atoms with Crippen LogP contribution in [0, 0.1) is 17.1 Å². The summed E-state index contributed by atoms with van der Waals surface area (Å²) < 4.78 is 45.6. The average Bonchev–Trinajstić information content (AvgIpc) is 2.06. The van der Waals surface area contributed by atoms with E-state index in [9.17, 15) is 16.7 Å². The number of nitriles is 1. The molecule has 0 unspecified atom stereocenters. The van der Waals surface area contributed by atoms with Crippen molar-refractivity contribution in [1.82, 2.24) is 0 Å². The van der Waals surface area contributed by atoms with E-state index < -0.39 is 21.8 Å². The minimum atomic E-state index is -4.77. The summed E-state index contributed by atoms with van der Waals surface area (Å²) in [5, 5.41) is 8.44. The van der Waals surface area contributed by atoms with Crippen LogP contribution in [0.15, 0.2) is 18.2 Å². The summed E-state index contributed by atoms with van der Waals surface area (Å²) in [6.07, 6.45) is 0. The lowest BCUT2D eigenvalue weighted by Crippen LogP contribution is -1.99. The largest absolute Gasteiger partial charge is 0.306 e. The molecule has 1 rings (SSSR count). The highest BCUT2D eigenvalue weighted by Gasteiger charge is 2.13. The third-order valence-electron chi connectivity index (χ3n) is 1.50. The molecule has 0 saturated carbocycles. The summed E-state index contributed by atoms with van der Waals surface area (Å²) in [6, 6.07) is 4.82. The maximum Gasteiger partial charge on any atom is 0.306 e. The molecule has 0 aliphatic carbocycles. The summed E-state index contributed by atoms with van der Waals surface area (Å²) in [5.41, 5.74) is -0.253. The van der Waals surface area contributed by atoms with Crippen LogP contribution >= 0.6 is 0 Å². The number of hydrogen-bond donors (Lipinski definition) is 0. The van der Waals surface area contributed by atoms with E-state index in [1.165, 1.54) is 6.07 Å². The van der Waals surface area contributed by atoms with Gasteiger partial charge >= 0.3 is 10.2 Å². The van der Waals surface area contributed by atoms with Gasteiger partial charge in [-0.3, -0.25) is 0 Å². The zero-order valence-corrected chi connectivity index (χ0v) is 7.68. The van der Waals surface area contributed by atoms with Gasteiger partial charge in [-0.15, -0.1) is 3.89 Å². The van der Waals surface area contributed by atoms with Crippen LogP contribution in [-0.2, 0) is 16.0 Å². The predicted molar refractivity (Wildman–Crippen MR) is 44.8 cm³/mol. The Bertz CT molecular complexity index is 491. The number of hydrogen-bond acceptors (Lipinski definition) is 3. The Morgan fingerprint density at radius 3 is 2.57 bits per heavy atom. The molecule has 0 spiro atoms. The molecule has 1 aromatic carbocycles. The number of nitrogens with zero attached hydrogens (tertiary/aromatic N) is 1. The maximum atomic E-state index is 12.9. The fourth-order valence-electron chi connectivity index (χ4n) is 0.941. The van der Waals surface area contributed by atoms with Gasteiger partial charge in [0.1, 0.15) is 11.6 Å². The molecule has 0 aromatic heterocycles. The zero-order chi connectivity index (χ0) is 10.8. The van der Waals surface area contributed by atoms with Crippen LogP contribution in [0.25, 0.3) is 0 Å². The first-order valence-electron chi connectivity index (χ1n) is 3.53. The summed E-state index contributed by atoms with van der Waals surface area (Å²) in [6.45, 7) is 0. The van der Waals surface area contributed by atoms with Crippen molar-refractivity contribution in [3.63, 3.8) is 0 Å². The first kappa shape index (κ1) is 10.6. The molecule has 0 fully saturated rings. The van der Waals surface area contributed by atoms with Gasteiger partial charge in [0.25, 0.3) is 0 Å². The van der Waals surface area contributed by atoms with Gasteiger partial charge in [0.05, 0.1) is 11.6 Å². The average molecular weight is 217 g/mol. The van der Waals surface area contributed by atoms with Gasteiger partial charge < -0.3 is 0 Å². The van der Waals surface area contributed by atoms with Crippen molar-refractivity contribution in [1.29, 1.82) is 5.26 Å². The highest BCUT2D eigenvalue weighted by molar-refractivity contribution is 7.85. The van der Waals surface area contributed by atoms with Crippen LogP contribution in [0.4, 0.5) is 8.28 Å². The van der Waals surface area contributed by atoms with E-state index in [1.807, 2.05) is 0 Å². The van der Waals surface area contributed by atoms with Crippen LogP contribution in [0.2, 0.25) is 0 Å². The Hall–Kier alpha value is -1.48. The number of halogens is 2. The highest BCUT2D eigenvalue weighted by Crippen LogP contribution is 2.14. The molecule has 0 aliphatic rings. The minimum absolute atomic E-state index is 0.0880. The molecule has 1 aromatic rings. The molecule has 14 heavy (non-hydrogen) atoms. The Morgan fingerprint density at radius 2 is 2.07 bits per heavy atom. The van der Waals surface area contributed by atoms with E-state index in [1.54, 1.807) is 6.07 Å². The zero-order valence-electron chi connectivity index (χ0n) is 6.87. The standard InChI is InChI=1S/C8H5F2NO2S/c9-8-2-1-6(4-11)3-7(8)5-14(10,12)13/h1-3H,5H2. The maximum absolute atomic E-state index is 12.9. The number of rotatable bonds is 2. The van der Waals surface area contributed by atoms with E-state index in [2.05, 4.69) is 0 Å². The van der Waals surface area contributed by atoms with Crippen molar-refractivity contribution in [2.45, 2.75) is 5.75 Å². The Kier molecular flexibility index (Phi) is 2.81. The van der Waals surface area contributed by atoms with Crippen LogP contribution in [0.1, 0.15) is 11.1 Å². The smallest absolute Gasteiger partial charge is 0.207 e. The third-order valence-corrected chi connectivity index (χ3v) is 2.16. The van der Waals surface area contributed by atoms with Gasteiger partial charge in [0.2, 0.25) is 0 Å². The molecule has 0 atom stereocenters. The highest BCUT2D eigenvalue weighted by atomic mass is 32.3. The van der Waals surface area contributed by atoms with E-state index in [-0.39, 0.29) is 11.1 Å². The second-order valence-electron chi connectivity index (χ2n) is 2.60. The summed E-state index contributed by atoms with van der Waals surface area (Å²) in [5.74, 6) is -1.89. The van der Waals surface area contributed by atoms with E-state index >= 15 is 0 Å². The predicted octanol–water partition coefficient (Wildman–Crippen LogP) is 1.50. The van der Waals surface area contributed by atoms with Crippen molar-refractivity contribution >= 4 is 10.2 Å². The monoisotopic (exact) mass is 217 g/mol. The SMILES string of the molecule is N#Cc1ccc(F)c(CS(=O)(=O)F)c1. The second-order valence-corrected chi connectivity index (χ2v) is 3.97. The molecule has 74 valence electrons. The third kappa shape index (κ3) is 2.78. The molecule has 0 amide bonds. The van der Waals surface area contributed by atoms with E-state index in [0.717, 1.165) is 12.1 Å². The molecular weight excluding hydrogens is 212 g/mol. The van der Waals surface area contributed by atoms with Crippen molar-refractivity contribution in [2.75, 3.05) is 0 Å². The van der Waals surface area contributed by atoms with Crippen molar-refractivity contribution < 1.29 is 16.7 Å². The Balaban J connectivity index is 3.15. The van der Waals surface area contributed by atoms with Gasteiger partial charge in [0.15, 0.2) is 0 Å². The fraction of sp³-hybridized carbons (Fsp3) is 0.125. The summed E-state index contributed by atoms with van der Waals surface area (Å²) in [7, 11) is -4.77. The first-order chi connectivity index (χ1) is 6.42. The van der Waals surface area contributed by atoms with Crippen LogP contribution in [-0.4, -0.2) is 8.42 Å². The normalized spacial score (nSPS) is 10.9. The van der Waals surface area contributed by atoms with Gasteiger partial charge in [0, 0.05) is 5.56 Å². The molecule has 0 N–H and O–H groups in total. The van der Waals surface area contributed by atoms with Crippen LogP contribution < -0.4 is 0 Å². The molecular formula is C8H5F2NO2S. The summed E-state index contributed by atoms with van der Waals surface area (Å²) >= 11 is 0. The fourth-order valence-corrected chi connectivity index (χ4v) is 1.53. The molecule has 0 radical (unpaired) electrons.